The number of alkyl halides is 2. The summed E-state index contributed by atoms with van der Waals surface area (Å²) in [5.74, 6) is 0.289. The molecule has 10 heteroatoms. The maximum atomic E-state index is 12.7. The summed E-state index contributed by atoms with van der Waals surface area (Å²) in [5.41, 5.74) is 2.20. The molecule has 1 amide bonds. The van der Waals surface area contributed by atoms with Gasteiger partial charge in [0.1, 0.15) is 5.75 Å². The van der Waals surface area contributed by atoms with Crippen LogP contribution in [0.15, 0.2) is 79.5 Å². The van der Waals surface area contributed by atoms with E-state index in [9.17, 15) is 13.6 Å². The van der Waals surface area contributed by atoms with Gasteiger partial charge in [0, 0.05) is 36.0 Å². The van der Waals surface area contributed by atoms with Crippen molar-refractivity contribution in [1.82, 2.24) is 19.9 Å². The van der Waals surface area contributed by atoms with Crippen LogP contribution in [0, 0.1) is 6.92 Å². The Morgan fingerprint density at radius 3 is 2.55 bits per heavy atom. The minimum Gasteiger partial charge on any atom is -0.435 e. The van der Waals surface area contributed by atoms with Gasteiger partial charge in [0.25, 0.3) is 5.91 Å². The van der Waals surface area contributed by atoms with E-state index in [1.807, 2.05) is 13.0 Å². The van der Waals surface area contributed by atoms with Crippen molar-refractivity contribution in [3.8, 4) is 5.75 Å². The van der Waals surface area contributed by atoms with Crippen LogP contribution >= 0.6 is 0 Å². The molecule has 2 aromatic heterocycles. The number of ether oxygens (including phenoxy) is 1. The van der Waals surface area contributed by atoms with Crippen molar-refractivity contribution in [2.45, 2.75) is 13.5 Å². The Bertz CT molecular complexity index is 1200. The van der Waals surface area contributed by atoms with E-state index in [4.69, 9.17) is 0 Å². The number of amides is 1. The fourth-order valence-electron chi connectivity index (χ4n) is 3.09. The number of hydrogen-bond donors (Lipinski definition) is 1. The van der Waals surface area contributed by atoms with E-state index in [2.05, 4.69) is 30.0 Å². The molecule has 2 aromatic carbocycles. The van der Waals surface area contributed by atoms with Crippen molar-refractivity contribution < 1.29 is 18.3 Å². The van der Waals surface area contributed by atoms with Gasteiger partial charge in [0.05, 0.1) is 11.9 Å². The molecular formula is C23H18F2N6O2. The summed E-state index contributed by atoms with van der Waals surface area (Å²) >= 11 is 0. The van der Waals surface area contributed by atoms with Crippen molar-refractivity contribution >= 4 is 29.0 Å². The Hall–Kier alpha value is -4.47. The van der Waals surface area contributed by atoms with Crippen LogP contribution in [-0.2, 0) is 0 Å². The third kappa shape index (κ3) is 5.24. The smallest absolute Gasteiger partial charge is 0.387 e. The van der Waals surface area contributed by atoms with Crippen LogP contribution in [0.5, 0.6) is 5.75 Å². The van der Waals surface area contributed by atoms with Crippen molar-refractivity contribution in [2.24, 2.45) is 0 Å². The third-order valence-electron chi connectivity index (χ3n) is 4.56. The van der Waals surface area contributed by atoms with Crippen LogP contribution in [0.3, 0.4) is 0 Å². The summed E-state index contributed by atoms with van der Waals surface area (Å²) in [5, 5.41) is 2.78. The first-order valence-corrected chi connectivity index (χ1v) is 9.81. The highest BCUT2D eigenvalue weighted by atomic mass is 19.3. The fourth-order valence-corrected chi connectivity index (χ4v) is 3.09. The largest absolute Gasteiger partial charge is 0.435 e. The lowest BCUT2D eigenvalue weighted by molar-refractivity contribution is -0.0498. The maximum absolute atomic E-state index is 12.7. The zero-order valence-corrected chi connectivity index (χ0v) is 17.4. The van der Waals surface area contributed by atoms with Crippen molar-refractivity contribution in [1.29, 1.82) is 0 Å². The number of rotatable bonds is 7. The first kappa shape index (κ1) is 21.8. The molecule has 0 spiro atoms. The second kappa shape index (κ2) is 9.77. The van der Waals surface area contributed by atoms with Gasteiger partial charge in [-0.2, -0.15) is 8.78 Å². The molecule has 33 heavy (non-hydrogen) atoms. The molecule has 2 heterocycles. The van der Waals surface area contributed by atoms with Crippen LogP contribution in [0.1, 0.15) is 15.9 Å². The predicted octanol–water partition coefficient (Wildman–Crippen LogP) is 4.90. The molecule has 0 saturated heterocycles. The summed E-state index contributed by atoms with van der Waals surface area (Å²) in [6, 6.07) is 12.6. The highest BCUT2D eigenvalue weighted by Gasteiger charge is 2.19. The molecule has 4 rings (SSSR count). The molecule has 0 aliphatic carbocycles. The van der Waals surface area contributed by atoms with E-state index in [0.29, 0.717) is 23.1 Å². The number of carbonyl (C=O) groups is 1. The minimum absolute atomic E-state index is 0.0997. The van der Waals surface area contributed by atoms with E-state index in [-0.39, 0.29) is 11.3 Å². The number of carbonyl (C=O) groups excluding carboxylic acids is 1. The molecule has 0 fully saturated rings. The van der Waals surface area contributed by atoms with Crippen molar-refractivity contribution in [3.05, 3.63) is 90.6 Å². The summed E-state index contributed by atoms with van der Waals surface area (Å²) in [6.07, 6.45) is 7.92. The lowest BCUT2D eigenvalue weighted by Crippen LogP contribution is -2.17. The van der Waals surface area contributed by atoms with Crippen LogP contribution in [0.2, 0.25) is 0 Å². The third-order valence-corrected chi connectivity index (χ3v) is 4.56. The molecule has 4 aromatic rings. The van der Waals surface area contributed by atoms with E-state index >= 15 is 0 Å². The average molecular weight is 448 g/mol. The summed E-state index contributed by atoms with van der Waals surface area (Å²) in [7, 11) is 0. The van der Waals surface area contributed by atoms with Crippen LogP contribution < -0.4 is 15.0 Å². The molecule has 166 valence electrons. The Morgan fingerprint density at radius 1 is 1.00 bits per heavy atom. The lowest BCUT2D eigenvalue weighted by atomic mass is 10.1. The first-order chi connectivity index (χ1) is 16.0. The quantitative estimate of drug-likeness (QED) is 0.430. The van der Waals surface area contributed by atoms with Gasteiger partial charge < -0.3 is 10.1 Å². The molecule has 0 aliphatic heterocycles. The number of aromatic nitrogens is 4. The molecule has 1 N–H and O–H groups in total. The number of nitrogens with one attached hydrogen (secondary N) is 1. The molecule has 0 aliphatic rings. The predicted molar refractivity (Wildman–Crippen MR) is 118 cm³/mol. The van der Waals surface area contributed by atoms with Crippen LogP contribution in [0.4, 0.5) is 31.9 Å². The summed E-state index contributed by atoms with van der Waals surface area (Å²) in [4.78, 5) is 31.6. The van der Waals surface area contributed by atoms with Gasteiger partial charge in [-0.15, -0.1) is 0 Å². The van der Waals surface area contributed by atoms with E-state index in [0.717, 1.165) is 5.56 Å². The first-order valence-electron chi connectivity index (χ1n) is 9.81. The molecule has 0 radical (unpaired) electrons. The molecular weight excluding hydrogens is 430 g/mol. The molecule has 0 atom stereocenters. The topological polar surface area (TPSA) is 93.1 Å². The number of anilines is 4. The summed E-state index contributed by atoms with van der Waals surface area (Å²) < 4.78 is 29.4. The number of aryl methyl sites for hydroxylation is 1. The van der Waals surface area contributed by atoms with Gasteiger partial charge in [-0.1, -0.05) is 12.1 Å². The zero-order chi connectivity index (χ0) is 23.2. The second-order valence-electron chi connectivity index (χ2n) is 6.81. The minimum atomic E-state index is -2.98. The monoisotopic (exact) mass is 448 g/mol. The number of halogens is 2. The van der Waals surface area contributed by atoms with Gasteiger partial charge in [-0.05, 0) is 48.9 Å². The molecule has 8 nitrogen and oxygen atoms in total. The van der Waals surface area contributed by atoms with Gasteiger partial charge in [0.15, 0.2) is 5.82 Å². The maximum Gasteiger partial charge on any atom is 0.387 e. The normalized spacial score (nSPS) is 10.7. The Labute approximate surface area is 187 Å². The fraction of sp³-hybridized carbons (Fsp3) is 0.0870. The van der Waals surface area contributed by atoms with Crippen molar-refractivity contribution in [2.75, 3.05) is 10.2 Å². The summed E-state index contributed by atoms with van der Waals surface area (Å²) in [6.45, 7) is -1.08. The molecule has 0 bridgehead atoms. The second-order valence-corrected chi connectivity index (χ2v) is 6.81. The number of benzene rings is 2. The van der Waals surface area contributed by atoms with Crippen LogP contribution in [0.25, 0.3) is 0 Å². The number of nitrogens with zero attached hydrogens (tertiary/aromatic N) is 5. The Balaban J connectivity index is 1.66. The van der Waals surface area contributed by atoms with Gasteiger partial charge in [0.2, 0.25) is 5.95 Å². The molecule has 0 unspecified atom stereocenters. The van der Waals surface area contributed by atoms with E-state index in [1.54, 1.807) is 54.1 Å². The van der Waals surface area contributed by atoms with Crippen LogP contribution in [-0.4, -0.2) is 32.5 Å². The standard InChI is InChI=1S/C23H18F2N6O2/c1-15-6-7-17(30-21(32)16-4-2-5-18(12-16)33-22(24)25)13-19(15)31(20-14-26-10-11-27-20)23-28-8-3-9-29-23/h2-14,22H,1H3,(H,30,32). The molecule has 0 saturated carbocycles. The number of hydrogen-bond acceptors (Lipinski definition) is 7. The Kier molecular flexibility index (Phi) is 6.44. The van der Waals surface area contributed by atoms with Gasteiger partial charge >= 0.3 is 6.61 Å². The van der Waals surface area contributed by atoms with Crippen molar-refractivity contribution in [3.63, 3.8) is 0 Å². The van der Waals surface area contributed by atoms with E-state index < -0.39 is 12.5 Å². The SMILES string of the molecule is Cc1ccc(NC(=O)c2cccc(OC(F)F)c2)cc1N(c1cnccn1)c1ncccn1. The zero-order valence-electron chi connectivity index (χ0n) is 17.4. The average Bonchev–Trinajstić information content (AvgIpc) is 2.82. The lowest BCUT2D eigenvalue weighted by Gasteiger charge is -2.23. The van der Waals surface area contributed by atoms with Gasteiger partial charge in [-0.3, -0.25) is 14.7 Å². The highest BCUT2D eigenvalue weighted by molar-refractivity contribution is 6.04. The van der Waals surface area contributed by atoms with Gasteiger partial charge in [-0.25, -0.2) is 15.0 Å². The Morgan fingerprint density at radius 2 is 1.82 bits per heavy atom. The highest BCUT2D eigenvalue weighted by Crippen LogP contribution is 2.34. The van der Waals surface area contributed by atoms with E-state index in [1.165, 1.54) is 24.3 Å².